The highest BCUT2D eigenvalue weighted by Gasteiger charge is 2.16. The fourth-order valence-corrected chi connectivity index (χ4v) is 3.31. The Morgan fingerprint density at radius 3 is 2.46 bits per heavy atom. The molecule has 0 amide bonds. The van der Waals surface area contributed by atoms with E-state index in [4.69, 9.17) is 16.3 Å². The molecule has 0 bridgehead atoms. The number of hydrogen-bond acceptors (Lipinski definition) is 3. The first-order valence-electron chi connectivity index (χ1n) is 10.5. The third-order valence-electron chi connectivity index (χ3n) is 4.30. The van der Waals surface area contributed by atoms with Crippen LogP contribution < -0.4 is 4.74 Å². The van der Waals surface area contributed by atoms with Crippen LogP contribution in [0.2, 0.25) is 5.02 Å². The molecule has 0 N–H and O–H groups in total. The molecule has 28 heavy (non-hydrogen) atoms. The summed E-state index contributed by atoms with van der Waals surface area (Å²) in [7, 11) is 0. The molecule has 0 spiro atoms. The van der Waals surface area contributed by atoms with Crippen molar-refractivity contribution in [3.63, 3.8) is 0 Å². The summed E-state index contributed by atoms with van der Waals surface area (Å²) in [5.41, 5.74) is 2.71. The maximum atomic E-state index is 6.10. The van der Waals surface area contributed by atoms with Gasteiger partial charge in [-0.1, -0.05) is 64.3 Å². The van der Waals surface area contributed by atoms with Crippen molar-refractivity contribution in [1.82, 2.24) is 14.6 Å². The van der Waals surface area contributed by atoms with E-state index in [-0.39, 0.29) is 6.10 Å². The van der Waals surface area contributed by atoms with Crippen molar-refractivity contribution in [1.29, 1.82) is 0 Å². The van der Waals surface area contributed by atoms with Crippen LogP contribution in [0, 0.1) is 0 Å². The number of aromatic nitrogens is 3. The number of hydrogen-bond donors (Lipinski definition) is 0. The molecule has 2 heterocycles. The van der Waals surface area contributed by atoms with Crippen LogP contribution in [-0.2, 0) is 0 Å². The van der Waals surface area contributed by atoms with Crippen LogP contribution in [0.5, 0.6) is 5.88 Å². The maximum Gasteiger partial charge on any atom is 0.232 e. The second kappa shape index (κ2) is 11.7. The first-order valence-corrected chi connectivity index (χ1v) is 10.9. The number of nitrogens with zero attached hydrogens (tertiary/aromatic N) is 3. The third-order valence-corrected chi connectivity index (χ3v) is 4.53. The van der Waals surface area contributed by atoms with Crippen LogP contribution in [0.25, 0.3) is 16.9 Å². The van der Waals surface area contributed by atoms with Gasteiger partial charge in [0.05, 0.1) is 11.9 Å². The summed E-state index contributed by atoms with van der Waals surface area (Å²) in [4.78, 5) is 4.41. The van der Waals surface area contributed by atoms with Crippen molar-refractivity contribution < 1.29 is 4.74 Å². The van der Waals surface area contributed by atoms with Gasteiger partial charge in [0.25, 0.3) is 0 Å². The first-order chi connectivity index (χ1) is 13.7. The van der Waals surface area contributed by atoms with Gasteiger partial charge in [-0.15, -0.1) is 5.10 Å². The molecule has 0 saturated heterocycles. The number of fused-ring (bicyclic) bond motifs is 1. The Morgan fingerprint density at radius 2 is 1.79 bits per heavy atom. The minimum atomic E-state index is 0.284. The second-order valence-corrected chi connectivity index (χ2v) is 7.12. The minimum absolute atomic E-state index is 0.284. The predicted molar refractivity (Wildman–Crippen MR) is 118 cm³/mol. The summed E-state index contributed by atoms with van der Waals surface area (Å²) in [5, 5.41) is 5.33. The molecule has 152 valence electrons. The summed E-state index contributed by atoms with van der Waals surface area (Å²) in [6.45, 7) is 8.25. The Hall–Kier alpha value is -2.07. The number of imidazole rings is 1. The number of ether oxygens (including phenoxy) is 1. The van der Waals surface area contributed by atoms with Gasteiger partial charge in [-0.3, -0.25) is 0 Å². The molecule has 0 unspecified atom stereocenters. The molecular formula is C23H32ClN3O. The summed E-state index contributed by atoms with van der Waals surface area (Å²) >= 11 is 6.10. The molecule has 1 aliphatic carbocycles. The summed E-state index contributed by atoms with van der Waals surface area (Å²) in [5.74, 6) is 0.658. The molecular weight excluding hydrogens is 370 g/mol. The smallest absolute Gasteiger partial charge is 0.232 e. The second-order valence-electron chi connectivity index (χ2n) is 6.68. The molecule has 4 rings (SSSR count). The van der Waals surface area contributed by atoms with Crippen molar-refractivity contribution in [3.8, 4) is 17.1 Å². The van der Waals surface area contributed by atoms with Crippen molar-refractivity contribution in [2.45, 2.75) is 72.3 Å². The average molecular weight is 402 g/mol. The lowest BCUT2D eigenvalue weighted by Crippen LogP contribution is -2.20. The van der Waals surface area contributed by atoms with Gasteiger partial charge in [0.2, 0.25) is 5.88 Å². The van der Waals surface area contributed by atoms with Crippen LogP contribution >= 0.6 is 11.6 Å². The molecule has 3 aromatic rings. The van der Waals surface area contributed by atoms with Crippen LogP contribution in [0.4, 0.5) is 0 Å². The summed E-state index contributed by atoms with van der Waals surface area (Å²) in [6.07, 6.45) is 9.38. The van der Waals surface area contributed by atoms with Crippen molar-refractivity contribution >= 4 is 17.2 Å². The van der Waals surface area contributed by atoms with Gasteiger partial charge in [-0.25, -0.2) is 9.50 Å². The molecule has 1 aromatic carbocycles. The summed E-state index contributed by atoms with van der Waals surface area (Å²) in [6, 6.07) is 11.6. The third kappa shape index (κ3) is 5.96. The number of rotatable bonds is 3. The first kappa shape index (κ1) is 22.2. The zero-order chi connectivity index (χ0) is 20.4. The van der Waals surface area contributed by atoms with Crippen molar-refractivity contribution in [2.24, 2.45) is 0 Å². The normalized spacial score (nSPS) is 13.9. The fourth-order valence-electron chi connectivity index (χ4n) is 3.12. The Bertz CT molecular complexity index is 841. The lowest BCUT2D eigenvalue weighted by molar-refractivity contribution is 0.147. The van der Waals surface area contributed by atoms with E-state index < -0.39 is 0 Å². The van der Waals surface area contributed by atoms with Crippen molar-refractivity contribution in [2.75, 3.05) is 0 Å². The molecule has 4 nitrogen and oxygen atoms in total. The molecule has 2 aromatic heterocycles. The molecule has 0 aliphatic heterocycles. The largest absolute Gasteiger partial charge is 0.473 e. The van der Waals surface area contributed by atoms with Crippen LogP contribution in [-0.4, -0.2) is 20.7 Å². The van der Waals surface area contributed by atoms with E-state index in [1.54, 1.807) is 0 Å². The predicted octanol–water partition coefficient (Wildman–Crippen LogP) is 7.20. The molecule has 1 fully saturated rings. The molecule has 0 radical (unpaired) electrons. The van der Waals surface area contributed by atoms with E-state index in [9.17, 15) is 0 Å². The van der Waals surface area contributed by atoms with Crippen LogP contribution in [0.1, 0.15) is 66.2 Å². The topological polar surface area (TPSA) is 39.4 Å². The van der Waals surface area contributed by atoms with E-state index in [0.29, 0.717) is 10.9 Å². The monoisotopic (exact) mass is 401 g/mol. The van der Waals surface area contributed by atoms with Gasteiger partial charge in [0.15, 0.2) is 5.65 Å². The SMILES string of the molecule is CC.CCC.Clc1cccc(-c2cnc3ccc(OC4CCCCC4)nn23)c1. The van der Waals surface area contributed by atoms with E-state index in [2.05, 4.69) is 23.9 Å². The van der Waals surface area contributed by atoms with Crippen molar-refractivity contribution in [3.05, 3.63) is 47.6 Å². The quantitative estimate of drug-likeness (QED) is 0.465. The van der Waals surface area contributed by atoms with Crippen LogP contribution in [0.3, 0.4) is 0 Å². The van der Waals surface area contributed by atoms with Gasteiger partial charge in [-0.05, 0) is 43.9 Å². The fraction of sp³-hybridized carbons (Fsp3) is 0.478. The van der Waals surface area contributed by atoms with Gasteiger partial charge < -0.3 is 4.74 Å². The molecule has 1 saturated carbocycles. The standard InChI is InChI=1S/C18H18ClN3O.C3H8.C2H6/c19-14-6-4-5-13(11-14)16-12-20-17-9-10-18(21-22(16)17)23-15-7-2-1-3-8-15;1-3-2;1-2/h4-6,9-12,15H,1-3,7-8H2;3H2,1-2H3;1-2H3. The Balaban J connectivity index is 0.000000514. The Kier molecular flexibility index (Phi) is 9.29. The highest BCUT2D eigenvalue weighted by molar-refractivity contribution is 6.30. The highest BCUT2D eigenvalue weighted by Crippen LogP contribution is 2.26. The lowest BCUT2D eigenvalue weighted by Gasteiger charge is -2.22. The zero-order valence-corrected chi connectivity index (χ0v) is 18.2. The van der Waals surface area contributed by atoms with Gasteiger partial charge >= 0.3 is 0 Å². The Labute approximate surface area is 173 Å². The number of benzene rings is 1. The molecule has 0 atom stereocenters. The molecule has 1 aliphatic rings. The Morgan fingerprint density at radius 1 is 1.07 bits per heavy atom. The van der Waals surface area contributed by atoms with Gasteiger partial charge in [-0.2, -0.15) is 0 Å². The number of halogens is 1. The van der Waals surface area contributed by atoms with Crippen LogP contribution in [0.15, 0.2) is 42.6 Å². The average Bonchev–Trinajstić information content (AvgIpc) is 3.14. The van der Waals surface area contributed by atoms with E-state index in [0.717, 1.165) is 29.7 Å². The van der Waals surface area contributed by atoms with E-state index in [1.807, 2.05) is 61.0 Å². The lowest BCUT2D eigenvalue weighted by atomic mass is 9.98. The maximum absolute atomic E-state index is 6.10. The zero-order valence-electron chi connectivity index (χ0n) is 17.5. The van der Waals surface area contributed by atoms with Gasteiger partial charge in [0.1, 0.15) is 6.10 Å². The minimum Gasteiger partial charge on any atom is -0.473 e. The van der Waals surface area contributed by atoms with E-state index in [1.165, 1.54) is 25.7 Å². The molecule has 5 heteroatoms. The van der Waals surface area contributed by atoms with Gasteiger partial charge in [0, 0.05) is 16.7 Å². The highest BCUT2D eigenvalue weighted by atomic mass is 35.5. The van der Waals surface area contributed by atoms with E-state index >= 15 is 0 Å². The summed E-state index contributed by atoms with van der Waals surface area (Å²) < 4.78 is 7.88.